The van der Waals surface area contributed by atoms with Crippen LogP contribution in [0.2, 0.25) is 0 Å². The van der Waals surface area contributed by atoms with Gasteiger partial charge in [-0.3, -0.25) is 5.32 Å². The molecule has 0 bridgehead atoms. The molecule has 19 heavy (non-hydrogen) atoms. The third-order valence-electron chi connectivity index (χ3n) is 1.84. The molecule has 0 unspecified atom stereocenters. The van der Waals surface area contributed by atoms with E-state index in [0.29, 0.717) is 0 Å². The summed E-state index contributed by atoms with van der Waals surface area (Å²) in [6.07, 6.45) is 0.357. The van der Waals surface area contributed by atoms with Gasteiger partial charge in [-0.2, -0.15) is 0 Å². The summed E-state index contributed by atoms with van der Waals surface area (Å²) in [5.41, 5.74) is -0.639. The molecule has 0 radical (unpaired) electrons. The maximum Gasteiger partial charge on any atom is 0.414 e. The largest absolute Gasteiger partial charge is 0.478 e. The highest BCUT2D eigenvalue weighted by Gasteiger charge is 2.18. The number of carboxylic acid groups (broad SMARTS) is 1. The van der Waals surface area contributed by atoms with Gasteiger partial charge in [-0.15, -0.1) is 11.6 Å². The third kappa shape index (κ3) is 4.70. The highest BCUT2D eigenvalue weighted by molar-refractivity contribution is 6.17. The molecule has 0 aliphatic heterocycles. The summed E-state index contributed by atoms with van der Waals surface area (Å²) in [5, 5.41) is 11.2. The van der Waals surface area contributed by atoms with Gasteiger partial charge in [0, 0.05) is 6.20 Å². The minimum Gasteiger partial charge on any atom is -0.478 e. The zero-order valence-corrected chi connectivity index (χ0v) is 11.5. The van der Waals surface area contributed by atoms with Gasteiger partial charge in [-0.1, -0.05) is 0 Å². The molecule has 0 aliphatic rings. The zero-order valence-electron chi connectivity index (χ0n) is 10.7. The number of carbonyl (C=O) groups is 2. The molecule has 1 rings (SSSR count). The molecule has 0 saturated heterocycles. The first kappa shape index (κ1) is 15.2. The smallest absolute Gasteiger partial charge is 0.414 e. The van der Waals surface area contributed by atoms with Crippen LogP contribution >= 0.6 is 11.6 Å². The Labute approximate surface area is 115 Å². The number of hydrogen-bond acceptors (Lipinski definition) is 5. The molecule has 7 nitrogen and oxygen atoms in total. The number of rotatable bonds is 3. The molecule has 0 spiro atoms. The lowest BCUT2D eigenvalue weighted by atomic mass is 10.2. The summed E-state index contributed by atoms with van der Waals surface area (Å²) in [6, 6.07) is 0. The molecule has 0 fully saturated rings. The number of carbonyl (C=O) groups excluding carboxylic acids is 1. The molecule has 1 heterocycles. The van der Waals surface area contributed by atoms with E-state index in [1.165, 1.54) is 0 Å². The summed E-state index contributed by atoms with van der Waals surface area (Å²) in [6.45, 7) is 5.14. The number of aromatic carboxylic acids is 1. The third-order valence-corrected chi connectivity index (χ3v) is 2.09. The lowest BCUT2D eigenvalue weighted by molar-refractivity contribution is 0.0633. The quantitative estimate of drug-likeness (QED) is 0.827. The van der Waals surface area contributed by atoms with Crippen LogP contribution in [-0.2, 0) is 10.6 Å². The lowest BCUT2D eigenvalue weighted by Crippen LogP contribution is -2.28. The van der Waals surface area contributed by atoms with Crippen LogP contribution in [0.15, 0.2) is 6.20 Å². The minimum atomic E-state index is -1.18. The Balaban J connectivity index is 2.86. The maximum atomic E-state index is 11.5. The predicted octanol–water partition coefficient (Wildman–Crippen LogP) is 2.26. The van der Waals surface area contributed by atoms with Gasteiger partial charge in [-0.25, -0.2) is 19.6 Å². The summed E-state index contributed by atoms with van der Waals surface area (Å²) in [7, 11) is 0. The Hall–Kier alpha value is -1.89. The minimum absolute atomic E-state index is 0.0603. The van der Waals surface area contributed by atoms with E-state index in [4.69, 9.17) is 21.4 Å². The second-order valence-corrected chi connectivity index (χ2v) is 4.89. The average molecular weight is 288 g/mol. The van der Waals surface area contributed by atoms with Crippen molar-refractivity contribution in [2.45, 2.75) is 32.3 Å². The van der Waals surface area contributed by atoms with Crippen molar-refractivity contribution >= 4 is 29.6 Å². The Morgan fingerprint density at radius 3 is 2.58 bits per heavy atom. The van der Waals surface area contributed by atoms with Crippen molar-refractivity contribution in [1.82, 2.24) is 9.97 Å². The number of amides is 1. The summed E-state index contributed by atoms with van der Waals surface area (Å²) >= 11 is 5.59. The van der Waals surface area contributed by atoms with Crippen LogP contribution in [0.5, 0.6) is 0 Å². The van der Waals surface area contributed by atoms with Gasteiger partial charge in [0.1, 0.15) is 11.2 Å². The number of ether oxygens (including phenoxy) is 1. The molecule has 0 aliphatic carbocycles. The molecule has 8 heteroatoms. The molecule has 0 aromatic carbocycles. The van der Waals surface area contributed by atoms with Crippen molar-refractivity contribution < 1.29 is 19.4 Å². The lowest BCUT2D eigenvalue weighted by Gasteiger charge is -2.19. The van der Waals surface area contributed by atoms with Gasteiger partial charge in [0.15, 0.2) is 0 Å². The number of nitrogens with zero attached hydrogens (tertiary/aromatic N) is 2. The molecule has 0 saturated carbocycles. The number of hydrogen-bond donors (Lipinski definition) is 2. The zero-order chi connectivity index (χ0) is 14.6. The van der Waals surface area contributed by atoms with Gasteiger partial charge in [0.05, 0.1) is 11.6 Å². The Morgan fingerprint density at radius 2 is 2.11 bits per heavy atom. The van der Waals surface area contributed by atoms with Crippen LogP contribution in [-0.4, -0.2) is 32.7 Å². The Morgan fingerprint density at radius 1 is 1.47 bits per heavy atom. The predicted molar refractivity (Wildman–Crippen MR) is 68.4 cm³/mol. The van der Waals surface area contributed by atoms with Gasteiger partial charge >= 0.3 is 12.1 Å². The Bertz CT molecular complexity index is 499. The summed E-state index contributed by atoms with van der Waals surface area (Å²) in [5.74, 6) is -1.35. The van der Waals surface area contributed by atoms with Gasteiger partial charge in [0.2, 0.25) is 5.95 Å². The first-order valence-electron chi connectivity index (χ1n) is 5.38. The average Bonchev–Trinajstić information content (AvgIpc) is 2.25. The molecule has 104 valence electrons. The number of halogens is 1. The molecule has 1 aromatic rings. The van der Waals surface area contributed by atoms with Crippen molar-refractivity contribution in [1.29, 1.82) is 0 Å². The number of carboxylic acids is 1. The fourth-order valence-electron chi connectivity index (χ4n) is 1.15. The van der Waals surface area contributed by atoms with Gasteiger partial charge in [-0.05, 0) is 20.8 Å². The number of alkyl halides is 1. The second kappa shape index (κ2) is 5.83. The molecule has 0 atom stereocenters. The van der Waals surface area contributed by atoms with E-state index in [1.54, 1.807) is 20.8 Å². The first-order valence-corrected chi connectivity index (χ1v) is 5.91. The van der Waals surface area contributed by atoms with Crippen LogP contribution in [0.4, 0.5) is 10.7 Å². The number of aromatic nitrogens is 2. The van der Waals surface area contributed by atoms with E-state index in [2.05, 4.69) is 15.3 Å². The van der Waals surface area contributed by atoms with Gasteiger partial charge < -0.3 is 9.84 Å². The van der Waals surface area contributed by atoms with Crippen molar-refractivity contribution in [3.8, 4) is 0 Å². The first-order chi connectivity index (χ1) is 8.73. The van der Waals surface area contributed by atoms with E-state index in [1.807, 2.05) is 0 Å². The normalized spacial score (nSPS) is 10.9. The summed E-state index contributed by atoms with van der Waals surface area (Å²) in [4.78, 5) is 29.9. The topological polar surface area (TPSA) is 101 Å². The van der Waals surface area contributed by atoms with Crippen molar-refractivity contribution in [3.63, 3.8) is 0 Å². The highest BCUT2D eigenvalue weighted by atomic mass is 35.5. The van der Waals surface area contributed by atoms with Crippen molar-refractivity contribution in [3.05, 3.63) is 17.5 Å². The van der Waals surface area contributed by atoms with E-state index < -0.39 is 17.7 Å². The summed E-state index contributed by atoms with van der Waals surface area (Å²) < 4.78 is 5.01. The monoisotopic (exact) mass is 287 g/mol. The fraction of sp³-hybridized carbons (Fsp3) is 0.455. The van der Waals surface area contributed by atoms with Crippen LogP contribution < -0.4 is 5.32 Å². The molecule has 1 aromatic heterocycles. The van der Waals surface area contributed by atoms with Crippen LogP contribution in [0.25, 0.3) is 0 Å². The molecule has 2 N–H and O–H groups in total. The highest BCUT2D eigenvalue weighted by Crippen LogP contribution is 2.12. The standard InChI is InChI=1S/C11H14ClN3O4/c1-11(2,3)19-10(18)15-9-13-5-6(8(16)17)7(4-12)14-9/h5H,4H2,1-3H3,(H,16,17)(H,13,14,15,18). The molecule has 1 amide bonds. The van der Waals surface area contributed by atoms with E-state index in [-0.39, 0.29) is 23.1 Å². The van der Waals surface area contributed by atoms with Crippen LogP contribution in [0, 0.1) is 0 Å². The van der Waals surface area contributed by atoms with Crippen LogP contribution in [0.1, 0.15) is 36.8 Å². The number of anilines is 1. The van der Waals surface area contributed by atoms with E-state index in [0.717, 1.165) is 6.20 Å². The number of nitrogens with one attached hydrogen (secondary N) is 1. The van der Waals surface area contributed by atoms with E-state index in [9.17, 15) is 9.59 Å². The molecular weight excluding hydrogens is 274 g/mol. The molecular formula is C11H14ClN3O4. The second-order valence-electron chi connectivity index (χ2n) is 4.62. The van der Waals surface area contributed by atoms with E-state index >= 15 is 0 Å². The van der Waals surface area contributed by atoms with Crippen LogP contribution in [0.3, 0.4) is 0 Å². The fourth-order valence-corrected chi connectivity index (χ4v) is 1.36. The van der Waals surface area contributed by atoms with Crippen molar-refractivity contribution in [2.75, 3.05) is 5.32 Å². The van der Waals surface area contributed by atoms with Crippen molar-refractivity contribution in [2.24, 2.45) is 0 Å². The SMILES string of the molecule is CC(C)(C)OC(=O)Nc1ncc(C(=O)O)c(CCl)n1. The Kier molecular flexibility index (Phi) is 4.66. The maximum absolute atomic E-state index is 11.5. The van der Waals surface area contributed by atoms with Gasteiger partial charge in [0.25, 0.3) is 0 Å².